The lowest BCUT2D eigenvalue weighted by molar-refractivity contribution is -0.136. The molecule has 0 atom stereocenters. The van der Waals surface area contributed by atoms with Crippen molar-refractivity contribution in [2.75, 3.05) is 5.32 Å². The molecule has 8 heteroatoms. The number of nitrogens with one attached hydrogen (secondary N) is 2. The third kappa shape index (κ3) is 4.65. The van der Waals surface area contributed by atoms with Crippen LogP contribution < -0.4 is 10.7 Å². The van der Waals surface area contributed by atoms with Crippen LogP contribution in [0.2, 0.25) is 5.15 Å². The zero-order valence-electron chi connectivity index (χ0n) is 14.2. The number of hydrogen-bond donors (Lipinski definition) is 2. The van der Waals surface area contributed by atoms with Crippen LogP contribution in [0.1, 0.15) is 11.1 Å². The van der Waals surface area contributed by atoms with Crippen molar-refractivity contribution in [3.63, 3.8) is 0 Å². The number of halogens is 2. The van der Waals surface area contributed by atoms with Crippen LogP contribution in [0.15, 0.2) is 53.6 Å². The Morgan fingerprint density at radius 1 is 1.11 bits per heavy atom. The summed E-state index contributed by atoms with van der Waals surface area (Å²) in [5.41, 5.74) is 4.70. The zero-order valence-corrected chi connectivity index (χ0v) is 14.9. The summed E-state index contributed by atoms with van der Waals surface area (Å²) >= 11 is 6.13. The van der Waals surface area contributed by atoms with Crippen LogP contribution >= 0.6 is 11.6 Å². The molecule has 1 heterocycles. The van der Waals surface area contributed by atoms with Gasteiger partial charge in [-0.2, -0.15) is 5.10 Å². The van der Waals surface area contributed by atoms with Crippen molar-refractivity contribution < 1.29 is 14.0 Å². The summed E-state index contributed by atoms with van der Waals surface area (Å²) in [6, 6.07) is 12.5. The van der Waals surface area contributed by atoms with Gasteiger partial charge in [0.1, 0.15) is 11.0 Å². The lowest BCUT2D eigenvalue weighted by Gasteiger charge is -2.04. The Bertz CT molecular complexity index is 1050. The highest BCUT2D eigenvalue weighted by molar-refractivity contribution is 6.39. The van der Waals surface area contributed by atoms with Gasteiger partial charge in [0.25, 0.3) is 0 Å². The summed E-state index contributed by atoms with van der Waals surface area (Å²) in [5, 5.41) is 7.15. The van der Waals surface area contributed by atoms with Crippen molar-refractivity contribution in [3.8, 4) is 0 Å². The van der Waals surface area contributed by atoms with E-state index in [-0.39, 0.29) is 10.8 Å². The second-order valence-corrected chi connectivity index (χ2v) is 6.08. The van der Waals surface area contributed by atoms with E-state index < -0.39 is 17.6 Å². The molecule has 6 nitrogen and oxygen atoms in total. The molecule has 0 bridgehead atoms. The number of hydrogen-bond acceptors (Lipinski definition) is 4. The summed E-state index contributed by atoms with van der Waals surface area (Å²) < 4.78 is 12.8. The summed E-state index contributed by atoms with van der Waals surface area (Å²) in [7, 11) is 0. The first-order valence-corrected chi connectivity index (χ1v) is 8.27. The molecule has 0 saturated carbocycles. The van der Waals surface area contributed by atoms with Gasteiger partial charge in [0.2, 0.25) is 0 Å². The number of pyridine rings is 1. The van der Waals surface area contributed by atoms with Crippen LogP contribution in [0.5, 0.6) is 0 Å². The third-order valence-corrected chi connectivity index (χ3v) is 3.93. The van der Waals surface area contributed by atoms with Gasteiger partial charge in [0.15, 0.2) is 0 Å². The summed E-state index contributed by atoms with van der Waals surface area (Å²) in [5.74, 6) is -2.36. The number of carbonyl (C=O) groups is 2. The van der Waals surface area contributed by atoms with Crippen molar-refractivity contribution >= 4 is 46.2 Å². The van der Waals surface area contributed by atoms with Crippen molar-refractivity contribution in [1.82, 2.24) is 10.4 Å². The number of aryl methyl sites for hydroxylation is 1. The van der Waals surface area contributed by atoms with E-state index >= 15 is 0 Å². The zero-order chi connectivity index (χ0) is 19.4. The van der Waals surface area contributed by atoms with Crippen LogP contribution in [-0.4, -0.2) is 23.0 Å². The maximum absolute atomic E-state index is 12.8. The Morgan fingerprint density at radius 3 is 2.59 bits per heavy atom. The molecule has 3 aromatic rings. The van der Waals surface area contributed by atoms with Crippen molar-refractivity contribution in [1.29, 1.82) is 0 Å². The predicted molar refractivity (Wildman–Crippen MR) is 102 cm³/mol. The lowest BCUT2D eigenvalue weighted by Crippen LogP contribution is -2.32. The summed E-state index contributed by atoms with van der Waals surface area (Å²) in [6.45, 7) is 1.96. The number of anilines is 1. The minimum absolute atomic E-state index is 0.224. The van der Waals surface area contributed by atoms with E-state index in [1.54, 1.807) is 6.07 Å². The molecule has 2 N–H and O–H groups in total. The predicted octanol–water partition coefficient (Wildman–Crippen LogP) is 3.42. The van der Waals surface area contributed by atoms with Gasteiger partial charge >= 0.3 is 11.8 Å². The fourth-order valence-electron chi connectivity index (χ4n) is 2.29. The number of carbonyl (C=O) groups excluding carboxylic acids is 2. The van der Waals surface area contributed by atoms with Crippen LogP contribution in [0.4, 0.5) is 10.1 Å². The Balaban J connectivity index is 1.65. The lowest BCUT2D eigenvalue weighted by atomic mass is 10.1. The van der Waals surface area contributed by atoms with Gasteiger partial charge in [-0.15, -0.1) is 0 Å². The van der Waals surface area contributed by atoms with E-state index in [0.717, 1.165) is 16.5 Å². The summed E-state index contributed by atoms with van der Waals surface area (Å²) in [4.78, 5) is 27.8. The number of aromatic nitrogens is 1. The number of amides is 2. The summed E-state index contributed by atoms with van der Waals surface area (Å²) in [6.07, 6.45) is 1.30. The molecule has 0 saturated heterocycles. The van der Waals surface area contributed by atoms with E-state index in [2.05, 4.69) is 20.8 Å². The molecule has 0 fully saturated rings. The fraction of sp³-hybridized carbons (Fsp3) is 0.0526. The molecule has 136 valence electrons. The Morgan fingerprint density at radius 2 is 1.85 bits per heavy atom. The monoisotopic (exact) mass is 384 g/mol. The van der Waals surface area contributed by atoms with Gasteiger partial charge < -0.3 is 5.32 Å². The van der Waals surface area contributed by atoms with Gasteiger partial charge in [-0.3, -0.25) is 9.59 Å². The highest BCUT2D eigenvalue weighted by atomic mass is 35.5. The molecule has 2 aromatic carbocycles. The van der Waals surface area contributed by atoms with Crippen LogP contribution in [0.3, 0.4) is 0 Å². The van der Waals surface area contributed by atoms with Crippen LogP contribution in [-0.2, 0) is 9.59 Å². The van der Waals surface area contributed by atoms with Crippen molar-refractivity contribution in [2.24, 2.45) is 5.10 Å². The molecular formula is C19H14ClFN4O2. The van der Waals surface area contributed by atoms with Crippen LogP contribution in [0, 0.1) is 12.7 Å². The number of nitrogens with zero attached hydrogens (tertiary/aromatic N) is 2. The normalized spacial score (nSPS) is 10.9. The standard InChI is InChI=1S/C19H14ClFN4O2/c1-11-2-3-12-9-13(17(20)24-16(12)8-11)10-22-25-19(27)18(26)23-15-6-4-14(21)5-7-15/h2-10H,1H3,(H,23,26)(H,25,27)/b22-10-. The highest BCUT2D eigenvalue weighted by Crippen LogP contribution is 2.20. The number of rotatable bonds is 3. The van der Waals surface area contributed by atoms with E-state index in [4.69, 9.17) is 11.6 Å². The first-order chi connectivity index (χ1) is 12.9. The average molecular weight is 385 g/mol. The molecule has 0 aliphatic carbocycles. The van der Waals surface area contributed by atoms with Gasteiger partial charge in [-0.05, 0) is 48.9 Å². The molecule has 27 heavy (non-hydrogen) atoms. The molecule has 0 aliphatic heterocycles. The van der Waals surface area contributed by atoms with E-state index in [1.165, 1.54) is 30.5 Å². The molecule has 0 aliphatic rings. The maximum atomic E-state index is 12.8. The van der Waals surface area contributed by atoms with Gasteiger partial charge in [-0.25, -0.2) is 14.8 Å². The minimum atomic E-state index is -0.976. The van der Waals surface area contributed by atoms with Gasteiger partial charge in [0, 0.05) is 16.6 Å². The van der Waals surface area contributed by atoms with Crippen molar-refractivity contribution in [2.45, 2.75) is 6.92 Å². The van der Waals surface area contributed by atoms with Gasteiger partial charge in [0.05, 0.1) is 11.7 Å². The maximum Gasteiger partial charge on any atom is 0.329 e. The molecule has 2 amide bonds. The molecule has 0 unspecified atom stereocenters. The fourth-order valence-corrected chi connectivity index (χ4v) is 2.49. The molecule has 0 radical (unpaired) electrons. The smallest absolute Gasteiger partial charge is 0.318 e. The number of fused-ring (bicyclic) bond motifs is 1. The average Bonchev–Trinajstić information content (AvgIpc) is 2.64. The largest absolute Gasteiger partial charge is 0.329 e. The molecule has 0 spiro atoms. The van der Waals surface area contributed by atoms with E-state index in [9.17, 15) is 14.0 Å². The van der Waals surface area contributed by atoms with E-state index in [1.807, 2.05) is 25.1 Å². The quantitative estimate of drug-likeness (QED) is 0.314. The number of benzene rings is 2. The first-order valence-electron chi connectivity index (χ1n) is 7.89. The van der Waals surface area contributed by atoms with Crippen molar-refractivity contribution in [3.05, 3.63) is 70.6 Å². The minimum Gasteiger partial charge on any atom is -0.318 e. The Kier molecular flexibility index (Phi) is 5.42. The van der Waals surface area contributed by atoms with Gasteiger partial charge in [-0.1, -0.05) is 23.7 Å². The molecule has 1 aromatic heterocycles. The topological polar surface area (TPSA) is 83.5 Å². The van der Waals surface area contributed by atoms with E-state index in [0.29, 0.717) is 5.56 Å². The molecule has 3 rings (SSSR count). The first kappa shape index (κ1) is 18.5. The third-order valence-electron chi connectivity index (χ3n) is 3.63. The second kappa shape index (κ2) is 7.92. The molecular weight excluding hydrogens is 371 g/mol. The Labute approximate surface area is 159 Å². The SMILES string of the molecule is Cc1ccc2cc(/C=N\NC(=O)C(=O)Nc3ccc(F)cc3)c(Cl)nc2c1. The van der Waals surface area contributed by atoms with Crippen LogP contribution in [0.25, 0.3) is 10.9 Å². The Hall–Kier alpha value is -3.32. The number of hydrazone groups is 1. The highest BCUT2D eigenvalue weighted by Gasteiger charge is 2.13. The second-order valence-electron chi connectivity index (χ2n) is 5.72.